The summed E-state index contributed by atoms with van der Waals surface area (Å²) in [6.07, 6.45) is 10.7. The molecule has 3 aromatic carbocycles. The van der Waals surface area contributed by atoms with Gasteiger partial charge in [-0.25, -0.2) is 9.16 Å². The summed E-state index contributed by atoms with van der Waals surface area (Å²) in [6, 6.07) is 13.1. The number of aromatic hydroxyl groups is 2. The maximum Gasteiger partial charge on any atom is 0.340 e. The Morgan fingerprint density at radius 2 is 1.13 bits per heavy atom. The fourth-order valence-electron chi connectivity index (χ4n) is 10.1. The van der Waals surface area contributed by atoms with Crippen molar-refractivity contribution < 1.29 is 73.4 Å². The zero-order valence-electron chi connectivity index (χ0n) is 46.1. The van der Waals surface area contributed by atoms with Gasteiger partial charge in [-0.3, -0.25) is 48.4 Å². The van der Waals surface area contributed by atoms with E-state index in [4.69, 9.17) is 9.47 Å². The lowest BCUT2D eigenvalue weighted by atomic mass is 9.77. The van der Waals surface area contributed by atoms with Crippen LogP contribution in [-0.4, -0.2) is 202 Å². The Kier molecular flexibility index (Phi) is 25.4. The van der Waals surface area contributed by atoms with Crippen molar-refractivity contribution in [1.82, 2.24) is 35.6 Å². The second-order valence-corrected chi connectivity index (χ2v) is 21.1. The quantitative estimate of drug-likeness (QED) is 0.0154. The number of phenolic OH excluding ortho intramolecular Hbond substituents is 2. The molecule has 1 atom stereocenters. The van der Waals surface area contributed by atoms with Crippen LogP contribution in [0.5, 0.6) is 23.0 Å². The topological polar surface area (TPSA) is 330 Å². The molecular formula is C57H75N9O15S. The third-order valence-corrected chi connectivity index (χ3v) is 14.8. The molecule has 0 saturated carbocycles. The average molecular weight is 1160 g/mol. The maximum atomic E-state index is 13.8. The highest BCUT2D eigenvalue weighted by Gasteiger charge is 2.53. The van der Waals surface area contributed by atoms with Crippen LogP contribution in [0, 0.1) is 0 Å². The van der Waals surface area contributed by atoms with Crippen molar-refractivity contribution >= 4 is 69.9 Å². The number of unbranched alkanes of at least 4 members (excludes halogenated alkanes) is 9. The van der Waals surface area contributed by atoms with Crippen LogP contribution in [0.25, 0.3) is 0 Å². The van der Waals surface area contributed by atoms with E-state index in [0.29, 0.717) is 54.7 Å². The molecule has 0 aliphatic carbocycles. The molecule has 82 heavy (non-hydrogen) atoms. The van der Waals surface area contributed by atoms with Crippen molar-refractivity contribution in [3.8, 4) is 23.0 Å². The molecule has 1 fully saturated rings. The van der Waals surface area contributed by atoms with Crippen LogP contribution in [0.4, 0.5) is 5.69 Å². The van der Waals surface area contributed by atoms with Crippen molar-refractivity contribution in [2.75, 3.05) is 98.2 Å². The zero-order chi connectivity index (χ0) is 58.9. The molecule has 0 bridgehead atoms. The van der Waals surface area contributed by atoms with Crippen LogP contribution in [0.15, 0.2) is 64.0 Å². The molecule has 3 amide bonds. The summed E-state index contributed by atoms with van der Waals surface area (Å²) in [5.41, 5.74) is 0.756. The number of phenols is 2. The molecule has 8 N–H and O–H groups in total. The summed E-state index contributed by atoms with van der Waals surface area (Å²) in [6.45, 7) is 1.61. The average Bonchev–Trinajstić information content (AvgIpc) is 1.90. The Labute approximate surface area is 479 Å². The first-order chi connectivity index (χ1) is 39.5. The summed E-state index contributed by atoms with van der Waals surface area (Å²) in [5.74, 6) is -4.45. The van der Waals surface area contributed by atoms with E-state index in [9.17, 15) is 63.9 Å². The minimum absolute atomic E-state index is 0.0545. The minimum Gasteiger partial charge on any atom is -0.508 e. The number of rotatable bonds is 30. The number of nitrogens with zero attached hydrogens (tertiary/aromatic N) is 6. The van der Waals surface area contributed by atoms with Gasteiger partial charge in [-0.2, -0.15) is 4.99 Å². The lowest BCUT2D eigenvalue weighted by Crippen LogP contribution is -2.52. The zero-order valence-corrected chi connectivity index (χ0v) is 46.9. The van der Waals surface area contributed by atoms with Gasteiger partial charge >= 0.3 is 23.9 Å². The van der Waals surface area contributed by atoms with Gasteiger partial charge in [0.1, 0.15) is 35.3 Å². The van der Waals surface area contributed by atoms with E-state index >= 15 is 0 Å². The number of carbonyl (C=O) groups excluding carboxylic acids is 5. The molecule has 1 unspecified atom stereocenters. The number of aliphatic carboxylic acids is 3. The number of fused-ring (bicyclic) bond motifs is 6. The lowest BCUT2D eigenvalue weighted by Gasteiger charge is -2.36. The predicted octanol–water partition coefficient (Wildman–Crippen LogP) is 3.93. The highest BCUT2D eigenvalue weighted by Crippen LogP contribution is 2.57. The number of esters is 1. The van der Waals surface area contributed by atoms with Gasteiger partial charge in [-0.05, 0) is 68.5 Å². The summed E-state index contributed by atoms with van der Waals surface area (Å²) in [4.78, 5) is 110. The number of isothiocyanates is 1. The van der Waals surface area contributed by atoms with Gasteiger partial charge in [-0.1, -0.05) is 44.6 Å². The number of amides is 3. The Balaban J connectivity index is 1.01. The van der Waals surface area contributed by atoms with Crippen LogP contribution in [-0.2, 0) is 55.0 Å². The normalized spacial score (nSPS) is 15.8. The second-order valence-electron chi connectivity index (χ2n) is 20.5. The fourth-order valence-corrected chi connectivity index (χ4v) is 10.5. The summed E-state index contributed by atoms with van der Waals surface area (Å²) < 4.78 is 16.4. The SMILES string of the molecule is O=CCCCCCCCCCCNC(=O)C(CCCCNC(=O)CCN=S=C=Nc1ccc2c(c1)C(=O)OC21c2ccc(O)cc2Oc2cc(O)ccc21)NC(=O)CN1CCN(CC(=O)O)CCN(CC(=O)O)CCN(CC(=O)O)CC1. The summed E-state index contributed by atoms with van der Waals surface area (Å²) in [5, 5.41) is 60.6. The molecule has 25 heteroatoms. The Bertz CT molecular complexity index is 2760. The molecule has 3 aliphatic rings. The molecule has 0 radical (unpaired) electrons. The van der Waals surface area contributed by atoms with E-state index < -0.39 is 41.4 Å². The Hall–Kier alpha value is -7.54. The Morgan fingerprint density at radius 1 is 0.634 bits per heavy atom. The number of hydrogen-bond acceptors (Lipinski definition) is 18. The largest absolute Gasteiger partial charge is 0.508 e. The van der Waals surface area contributed by atoms with Crippen LogP contribution in [0.2, 0.25) is 0 Å². The van der Waals surface area contributed by atoms with Crippen LogP contribution < -0.4 is 20.7 Å². The molecule has 0 aromatic heterocycles. The molecule has 3 aromatic rings. The Morgan fingerprint density at radius 3 is 1.68 bits per heavy atom. The lowest BCUT2D eigenvalue weighted by molar-refractivity contribution is -0.140. The molecule has 24 nitrogen and oxygen atoms in total. The van der Waals surface area contributed by atoms with Gasteiger partial charge in [0.15, 0.2) is 5.60 Å². The first-order valence-corrected chi connectivity index (χ1v) is 28.7. The number of carboxylic acid groups (broad SMARTS) is 3. The van der Waals surface area contributed by atoms with Gasteiger partial charge in [0.25, 0.3) is 0 Å². The standard InChI is InChI=1S/C57H75N9O15S/c67-31-11-7-5-3-1-2-4-6-9-21-59-55(78)47(62-51(71)35-63-23-25-64(36-52(72)73)27-29-66(38-54(76)77)30-28-65(26-24-63)37-53(74)75)12-8-10-20-58-50(70)19-22-61-82-39-60-40-13-16-44-43(32-40)56(79)81-57(44)45-17-14-41(68)33-48(45)80-49-34-42(69)15-18-46(49)57/h13-18,31-34,47,68-69H,1-12,19-30,35-38H2,(H,58,70)(H,59,78)(H,62,71)(H,72,73)(H,74,75)(H,76,77). The fraction of sp³-hybridized carbons (Fsp3) is 0.526. The molecule has 1 spiro atoms. The van der Waals surface area contributed by atoms with Crippen LogP contribution in [0.1, 0.15) is 111 Å². The van der Waals surface area contributed by atoms with E-state index in [1.165, 1.54) is 24.3 Å². The van der Waals surface area contributed by atoms with Crippen molar-refractivity contribution in [2.45, 2.75) is 95.1 Å². The number of hydrogen-bond donors (Lipinski definition) is 8. The molecule has 444 valence electrons. The van der Waals surface area contributed by atoms with E-state index in [0.717, 1.165) is 68.8 Å². The number of ether oxygens (including phenoxy) is 2. The molecular weight excluding hydrogens is 1080 g/mol. The van der Waals surface area contributed by atoms with E-state index in [1.807, 2.05) is 0 Å². The maximum absolute atomic E-state index is 13.8. The van der Waals surface area contributed by atoms with Crippen molar-refractivity contribution in [1.29, 1.82) is 0 Å². The van der Waals surface area contributed by atoms with Gasteiger partial charge < -0.3 is 55.8 Å². The number of carboxylic acids is 3. The molecule has 6 rings (SSSR count). The number of carbonyl (C=O) groups is 8. The number of nitrogens with one attached hydrogen (secondary N) is 3. The van der Waals surface area contributed by atoms with Crippen molar-refractivity contribution in [3.05, 3.63) is 76.9 Å². The van der Waals surface area contributed by atoms with Crippen LogP contribution >= 0.6 is 0 Å². The van der Waals surface area contributed by atoms with Gasteiger partial charge in [0, 0.05) is 118 Å². The predicted molar refractivity (Wildman–Crippen MR) is 302 cm³/mol. The minimum atomic E-state index is -1.41. The van der Waals surface area contributed by atoms with E-state index in [-0.39, 0.29) is 138 Å². The van der Waals surface area contributed by atoms with Gasteiger partial charge in [0.2, 0.25) is 17.7 Å². The number of aldehydes is 1. The molecule has 3 aliphatic heterocycles. The smallest absolute Gasteiger partial charge is 0.340 e. The number of benzene rings is 3. The van der Waals surface area contributed by atoms with Crippen LogP contribution in [0.3, 0.4) is 0 Å². The third-order valence-electron chi connectivity index (χ3n) is 14.3. The van der Waals surface area contributed by atoms with Crippen molar-refractivity contribution in [2.24, 2.45) is 9.36 Å². The highest BCUT2D eigenvalue weighted by atomic mass is 32.1. The molecule has 1 saturated heterocycles. The highest BCUT2D eigenvalue weighted by molar-refractivity contribution is 7.66. The summed E-state index contributed by atoms with van der Waals surface area (Å²) in [7, 11) is 0. The van der Waals surface area contributed by atoms with E-state index in [2.05, 4.69) is 30.5 Å². The van der Waals surface area contributed by atoms with E-state index in [1.54, 1.807) is 49.9 Å². The third kappa shape index (κ3) is 19.9. The molecule has 3 heterocycles. The first-order valence-electron chi connectivity index (χ1n) is 27.9. The van der Waals surface area contributed by atoms with Gasteiger partial charge in [-0.15, -0.1) is 0 Å². The van der Waals surface area contributed by atoms with Crippen molar-refractivity contribution in [3.63, 3.8) is 0 Å². The monoisotopic (exact) mass is 1160 g/mol. The van der Waals surface area contributed by atoms with Gasteiger partial charge in [0.05, 0.1) is 49.1 Å². The number of aliphatic imine (C=N–C) groups is 1. The first kappa shape index (κ1) is 63.6. The second kappa shape index (κ2) is 32.8. The summed E-state index contributed by atoms with van der Waals surface area (Å²) >= 11 is 0.907.